The Labute approximate surface area is 126 Å². The molecule has 4 heteroatoms. The first kappa shape index (κ1) is 15.8. The van der Waals surface area contributed by atoms with Gasteiger partial charge in [-0.15, -0.1) is 0 Å². The molecule has 2 rings (SSSR count). The van der Waals surface area contributed by atoms with Gasteiger partial charge in [0, 0.05) is 13.2 Å². The molecule has 0 aromatic heterocycles. The van der Waals surface area contributed by atoms with Crippen LogP contribution in [0.1, 0.15) is 37.3 Å². The van der Waals surface area contributed by atoms with Crippen molar-refractivity contribution in [2.24, 2.45) is 0 Å². The first-order chi connectivity index (χ1) is 10.1. The lowest BCUT2D eigenvalue weighted by atomic mass is 10.1. The van der Waals surface area contributed by atoms with E-state index in [9.17, 15) is 4.79 Å². The van der Waals surface area contributed by atoms with Gasteiger partial charge in [-0.1, -0.05) is 19.1 Å². The fourth-order valence-electron chi connectivity index (χ4n) is 2.46. The molecule has 4 nitrogen and oxygen atoms in total. The lowest BCUT2D eigenvalue weighted by Gasteiger charge is -2.20. The molecule has 0 unspecified atom stereocenters. The molecule has 0 spiro atoms. The number of amides is 1. The van der Waals surface area contributed by atoms with Gasteiger partial charge >= 0.3 is 0 Å². The Morgan fingerprint density at radius 2 is 2.29 bits per heavy atom. The van der Waals surface area contributed by atoms with Gasteiger partial charge in [-0.25, -0.2) is 0 Å². The Balaban J connectivity index is 1.92. The Morgan fingerprint density at radius 3 is 2.95 bits per heavy atom. The topological polar surface area (TPSA) is 47.6 Å². The lowest BCUT2D eigenvalue weighted by Crippen LogP contribution is -2.41. The molecule has 1 aromatic rings. The predicted molar refractivity (Wildman–Crippen MR) is 82.6 cm³/mol. The van der Waals surface area contributed by atoms with Crippen molar-refractivity contribution < 1.29 is 14.3 Å². The highest BCUT2D eigenvalue weighted by Crippen LogP contribution is 2.22. The number of ether oxygens (including phenoxy) is 2. The number of hydrogen-bond acceptors (Lipinski definition) is 3. The molecule has 1 fully saturated rings. The van der Waals surface area contributed by atoms with Gasteiger partial charge in [-0.2, -0.15) is 0 Å². The maximum atomic E-state index is 12.2. The van der Waals surface area contributed by atoms with Gasteiger partial charge in [-0.3, -0.25) is 4.79 Å². The van der Waals surface area contributed by atoms with E-state index in [1.165, 1.54) is 5.56 Å². The normalized spacial score (nSPS) is 19.3. The minimum absolute atomic E-state index is 0.0612. The maximum absolute atomic E-state index is 12.2. The van der Waals surface area contributed by atoms with Crippen molar-refractivity contribution in [3.63, 3.8) is 0 Å². The number of carbonyl (C=O) groups is 1. The molecular weight excluding hydrogens is 266 g/mol. The Bertz CT molecular complexity index is 481. The molecule has 2 atom stereocenters. The van der Waals surface area contributed by atoms with Gasteiger partial charge < -0.3 is 14.8 Å². The molecule has 21 heavy (non-hydrogen) atoms. The molecule has 1 heterocycles. The van der Waals surface area contributed by atoms with Crippen LogP contribution in [-0.2, 0) is 9.53 Å². The first-order valence-electron chi connectivity index (χ1n) is 7.74. The van der Waals surface area contributed by atoms with Crippen LogP contribution in [0.5, 0.6) is 5.75 Å². The minimum atomic E-state index is -0.452. The van der Waals surface area contributed by atoms with E-state index in [-0.39, 0.29) is 12.0 Å². The van der Waals surface area contributed by atoms with Crippen LogP contribution >= 0.6 is 0 Å². The second-order valence-electron chi connectivity index (χ2n) is 5.59. The van der Waals surface area contributed by atoms with Gasteiger partial charge in [0.05, 0.1) is 6.10 Å². The van der Waals surface area contributed by atoms with Crippen LogP contribution in [0.2, 0.25) is 0 Å². The number of nitrogens with one attached hydrogen (secondary N) is 1. The summed E-state index contributed by atoms with van der Waals surface area (Å²) >= 11 is 0. The van der Waals surface area contributed by atoms with Crippen LogP contribution in [-0.4, -0.2) is 31.3 Å². The molecule has 1 amide bonds. The van der Waals surface area contributed by atoms with Crippen molar-refractivity contribution in [3.8, 4) is 5.75 Å². The zero-order valence-corrected chi connectivity index (χ0v) is 13.1. The summed E-state index contributed by atoms with van der Waals surface area (Å²) < 4.78 is 11.4. The summed E-state index contributed by atoms with van der Waals surface area (Å²) in [6, 6.07) is 5.91. The van der Waals surface area contributed by atoms with Gasteiger partial charge in [0.15, 0.2) is 6.10 Å². The molecule has 0 saturated carbocycles. The van der Waals surface area contributed by atoms with Crippen molar-refractivity contribution in [2.75, 3.05) is 13.2 Å². The van der Waals surface area contributed by atoms with E-state index in [4.69, 9.17) is 9.47 Å². The Morgan fingerprint density at radius 1 is 1.48 bits per heavy atom. The summed E-state index contributed by atoms with van der Waals surface area (Å²) in [4.78, 5) is 12.2. The highest BCUT2D eigenvalue weighted by atomic mass is 16.5. The van der Waals surface area contributed by atoms with Gasteiger partial charge in [-0.05, 0) is 50.3 Å². The monoisotopic (exact) mass is 291 g/mol. The highest BCUT2D eigenvalue weighted by molar-refractivity contribution is 5.81. The number of carbonyl (C=O) groups excluding carboxylic acids is 1. The highest BCUT2D eigenvalue weighted by Gasteiger charge is 2.22. The molecule has 0 radical (unpaired) electrons. The second kappa shape index (κ2) is 7.46. The van der Waals surface area contributed by atoms with E-state index in [1.54, 1.807) is 0 Å². The summed E-state index contributed by atoms with van der Waals surface area (Å²) in [6.07, 6.45) is 2.45. The number of benzene rings is 1. The first-order valence-corrected chi connectivity index (χ1v) is 7.74. The summed E-state index contributed by atoms with van der Waals surface area (Å²) in [7, 11) is 0. The van der Waals surface area contributed by atoms with Crippen molar-refractivity contribution in [1.82, 2.24) is 5.32 Å². The molecule has 1 aliphatic rings. The number of aryl methyl sites for hydroxylation is 1. The zero-order chi connectivity index (χ0) is 15.2. The minimum Gasteiger partial charge on any atom is -0.480 e. The van der Waals surface area contributed by atoms with E-state index >= 15 is 0 Å². The molecule has 1 aliphatic heterocycles. The van der Waals surface area contributed by atoms with E-state index < -0.39 is 6.10 Å². The molecule has 0 bridgehead atoms. The standard InChI is InChI=1S/C17H25NO3/c1-4-15(17(19)18-11-14-8-6-10-20-14)21-16-9-5-7-12(2)13(16)3/h5,7,9,14-15H,4,6,8,10-11H2,1-3H3,(H,18,19)/t14-,15+/m1/s1. The van der Waals surface area contributed by atoms with Crippen LogP contribution in [0, 0.1) is 13.8 Å². The molecular formula is C17H25NO3. The van der Waals surface area contributed by atoms with E-state index in [0.29, 0.717) is 13.0 Å². The summed E-state index contributed by atoms with van der Waals surface area (Å²) in [6.45, 7) is 7.39. The average Bonchev–Trinajstić information content (AvgIpc) is 2.99. The average molecular weight is 291 g/mol. The molecule has 0 aliphatic carbocycles. The van der Waals surface area contributed by atoms with Gasteiger partial charge in [0.2, 0.25) is 0 Å². The lowest BCUT2D eigenvalue weighted by molar-refractivity contribution is -0.128. The second-order valence-corrected chi connectivity index (χ2v) is 5.59. The van der Waals surface area contributed by atoms with Crippen molar-refractivity contribution >= 4 is 5.91 Å². The fourth-order valence-corrected chi connectivity index (χ4v) is 2.46. The third kappa shape index (κ3) is 4.21. The molecule has 1 saturated heterocycles. The fraction of sp³-hybridized carbons (Fsp3) is 0.588. The van der Waals surface area contributed by atoms with Gasteiger partial charge in [0.25, 0.3) is 5.91 Å². The van der Waals surface area contributed by atoms with Crippen molar-refractivity contribution in [1.29, 1.82) is 0 Å². The van der Waals surface area contributed by atoms with E-state index in [2.05, 4.69) is 5.32 Å². The van der Waals surface area contributed by atoms with E-state index in [0.717, 1.165) is 30.8 Å². The van der Waals surface area contributed by atoms with Crippen LogP contribution in [0.3, 0.4) is 0 Å². The quantitative estimate of drug-likeness (QED) is 0.876. The van der Waals surface area contributed by atoms with Crippen LogP contribution in [0.25, 0.3) is 0 Å². The van der Waals surface area contributed by atoms with Crippen LogP contribution in [0.4, 0.5) is 0 Å². The number of rotatable bonds is 6. The predicted octanol–water partition coefficient (Wildman–Crippen LogP) is 2.76. The van der Waals surface area contributed by atoms with Crippen LogP contribution in [0.15, 0.2) is 18.2 Å². The molecule has 116 valence electrons. The third-order valence-corrected chi connectivity index (χ3v) is 4.02. The summed E-state index contributed by atoms with van der Waals surface area (Å²) in [5.41, 5.74) is 2.25. The van der Waals surface area contributed by atoms with Crippen LogP contribution < -0.4 is 10.1 Å². The largest absolute Gasteiger partial charge is 0.480 e. The zero-order valence-electron chi connectivity index (χ0n) is 13.1. The molecule has 1 N–H and O–H groups in total. The Hall–Kier alpha value is -1.55. The third-order valence-electron chi connectivity index (χ3n) is 4.02. The number of hydrogen-bond donors (Lipinski definition) is 1. The smallest absolute Gasteiger partial charge is 0.261 e. The van der Waals surface area contributed by atoms with Crippen molar-refractivity contribution in [3.05, 3.63) is 29.3 Å². The van der Waals surface area contributed by atoms with Gasteiger partial charge in [0.1, 0.15) is 5.75 Å². The van der Waals surface area contributed by atoms with Crippen molar-refractivity contribution in [2.45, 2.75) is 52.2 Å². The summed E-state index contributed by atoms with van der Waals surface area (Å²) in [5.74, 6) is 0.725. The van der Waals surface area contributed by atoms with E-state index in [1.807, 2.05) is 39.0 Å². The SMILES string of the molecule is CC[C@H](Oc1cccc(C)c1C)C(=O)NC[C@H]1CCCO1. The molecule has 1 aromatic carbocycles. The Kier molecular flexibility index (Phi) is 5.62. The summed E-state index contributed by atoms with van der Waals surface area (Å²) in [5, 5.41) is 2.94. The maximum Gasteiger partial charge on any atom is 0.261 e.